The molecule has 1 spiro atoms. The van der Waals surface area contributed by atoms with Crippen LogP contribution >= 0.6 is 0 Å². The number of hydrogen-bond acceptors (Lipinski definition) is 2. The van der Waals surface area contributed by atoms with Crippen LogP contribution in [0.4, 0.5) is 11.4 Å². The monoisotopic (exact) mass is 216 g/mol. The minimum absolute atomic E-state index is 0.272. The first kappa shape index (κ1) is 10.0. The fourth-order valence-electron chi connectivity index (χ4n) is 3.62. The summed E-state index contributed by atoms with van der Waals surface area (Å²) >= 11 is 0. The Balaban J connectivity index is 2.16. The smallest absolute Gasteiger partial charge is 0.112 e. The SMILES string of the molecule is Cc1cccc2c1N(C)C1(CCCC1)N2C. The summed E-state index contributed by atoms with van der Waals surface area (Å²) in [6.45, 7) is 2.22. The summed E-state index contributed by atoms with van der Waals surface area (Å²) in [5, 5.41) is 0. The van der Waals surface area contributed by atoms with Crippen LogP contribution in [0.2, 0.25) is 0 Å². The van der Waals surface area contributed by atoms with Crippen molar-refractivity contribution in [3.63, 3.8) is 0 Å². The quantitative estimate of drug-likeness (QED) is 0.657. The predicted molar refractivity (Wildman–Crippen MR) is 69.2 cm³/mol. The maximum absolute atomic E-state index is 2.52. The van der Waals surface area contributed by atoms with Gasteiger partial charge in [-0.1, -0.05) is 12.1 Å². The van der Waals surface area contributed by atoms with Gasteiger partial charge in [-0.05, 0) is 44.2 Å². The molecule has 2 aliphatic rings. The molecule has 3 rings (SSSR count). The molecule has 1 aromatic rings. The number of hydrogen-bond donors (Lipinski definition) is 0. The molecule has 1 aliphatic carbocycles. The van der Waals surface area contributed by atoms with Gasteiger partial charge in [0.1, 0.15) is 5.66 Å². The summed E-state index contributed by atoms with van der Waals surface area (Å²) in [7, 11) is 4.52. The van der Waals surface area contributed by atoms with E-state index in [0.29, 0.717) is 0 Å². The van der Waals surface area contributed by atoms with E-state index in [4.69, 9.17) is 0 Å². The minimum atomic E-state index is 0.272. The van der Waals surface area contributed by atoms with Crippen LogP contribution in [0.3, 0.4) is 0 Å². The molecule has 86 valence electrons. The number of rotatable bonds is 0. The van der Waals surface area contributed by atoms with Gasteiger partial charge in [-0.15, -0.1) is 0 Å². The highest BCUT2D eigenvalue weighted by Crippen LogP contribution is 2.51. The Morgan fingerprint density at radius 3 is 2.38 bits per heavy atom. The topological polar surface area (TPSA) is 6.48 Å². The van der Waals surface area contributed by atoms with Crippen molar-refractivity contribution in [2.24, 2.45) is 0 Å². The highest BCUT2D eigenvalue weighted by Gasteiger charge is 2.47. The van der Waals surface area contributed by atoms with Crippen molar-refractivity contribution in [1.29, 1.82) is 0 Å². The number of anilines is 2. The molecule has 1 aromatic carbocycles. The number of nitrogens with zero attached hydrogens (tertiary/aromatic N) is 2. The Hall–Kier alpha value is -1.18. The molecule has 1 heterocycles. The Morgan fingerprint density at radius 1 is 1.06 bits per heavy atom. The molecule has 1 fully saturated rings. The lowest BCUT2D eigenvalue weighted by molar-refractivity contribution is 0.429. The summed E-state index contributed by atoms with van der Waals surface area (Å²) < 4.78 is 0. The molecule has 0 saturated heterocycles. The summed E-state index contributed by atoms with van der Waals surface area (Å²) in [6, 6.07) is 6.65. The molecule has 2 nitrogen and oxygen atoms in total. The van der Waals surface area contributed by atoms with Crippen molar-refractivity contribution < 1.29 is 0 Å². The molecule has 0 aromatic heterocycles. The van der Waals surface area contributed by atoms with E-state index in [0.717, 1.165) is 0 Å². The van der Waals surface area contributed by atoms with Gasteiger partial charge in [0.2, 0.25) is 0 Å². The van der Waals surface area contributed by atoms with Gasteiger partial charge in [0, 0.05) is 14.1 Å². The fraction of sp³-hybridized carbons (Fsp3) is 0.571. The molecule has 0 N–H and O–H groups in total. The van der Waals surface area contributed by atoms with Gasteiger partial charge in [-0.2, -0.15) is 0 Å². The van der Waals surface area contributed by atoms with Crippen LogP contribution in [-0.2, 0) is 0 Å². The average Bonchev–Trinajstić information content (AvgIpc) is 2.83. The van der Waals surface area contributed by atoms with Crippen molar-refractivity contribution in [3.05, 3.63) is 23.8 Å². The molecule has 16 heavy (non-hydrogen) atoms. The minimum Gasteiger partial charge on any atom is -0.350 e. The van der Waals surface area contributed by atoms with E-state index in [1.165, 1.54) is 42.6 Å². The Morgan fingerprint density at radius 2 is 1.75 bits per heavy atom. The fourth-order valence-corrected chi connectivity index (χ4v) is 3.62. The summed E-state index contributed by atoms with van der Waals surface area (Å²) in [5.41, 5.74) is 4.51. The molecule has 2 heteroatoms. The van der Waals surface area contributed by atoms with Crippen molar-refractivity contribution in [2.75, 3.05) is 23.9 Å². The summed E-state index contributed by atoms with van der Waals surface area (Å²) in [6.07, 6.45) is 5.33. The van der Waals surface area contributed by atoms with E-state index < -0.39 is 0 Å². The van der Waals surface area contributed by atoms with E-state index in [-0.39, 0.29) is 5.66 Å². The van der Waals surface area contributed by atoms with Gasteiger partial charge in [-0.3, -0.25) is 0 Å². The van der Waals surface area contributed by atoms with Crippen molar-refractivity contribution in [1.82, 2.24) is 0 Å². The first-order valence-corrected chi connectivity index (χ1v) is 6.24. The Kier molecular flexibility index (Phi) is 1.97. The van der Waals surface area contributed by atoms with Crippen molar-refractivity contribution in [3.8, 4) is 0 Å². The third kappa shape index (κ3) is 1.02. The molecule has 0 amide bonds. The summed E-state index contributed by atoms with van der Waals surface area (Å²) in [4.78, 5) is 5.02. The van der Waals surface area contributed by atoms with Crippen molar-refractivity contribution >= 4 is 11.4 Å². The predicted octanol–water partition coefficient (Wildman–Crippen LogP) is 3.15. The lowest BCUT2D eigenvalue weighted by atomic mass is 10.1. The first-order valence-electron chi connectivity index (χ1n) is 6.24. The lowest BCUT2D eigenvalue weighted by Crippen LogP contribution is -2.52. The van der Waals surface area contributed by atoms with E-state index in [2.05, 4.69) is 49.0 Å². The van der Waals surface area contributed by atoms with Crippen LogP contribution in [-0.4, -0.2) is 19.8 Å². The molecule has 0 bridgehead atoms. The number of fused-ring (bicyclic) bond motifs is 1. The van der Waals surface area contributed by atoms with Crippen LogP contribution in [0.25, 0.3) is 0 Å². The second-order valence-corrected chi connectivity index (χ2v) is 5.25. The number of aryl methyl sites for hydroxylation is 1. The van der Waals surface area contributed by atoms with Gasteiger partial charge in [0.05, 0.1) is 11.4 Å². The largest absolute Gasteiger partial charge is 0.350 e. The third-order valence-corrected chi connectivity index (χ3v) is 4.57. The van der Waals surface area contributed by atoms with Crippen LogP contribution in [0.1, 0.15) is 31.2 Å². The zero-order valence-corrected chi connectivity index (χ0v) is 10.5. The molecular formula is C14H20N2. The highest BCUT2D eigenvalue weighted by atomic mass is 15.4. The van der Waals surface area contributed by atoms with Crippen molar-refractivity contribution in [2.45, 2.75) is 38.3 Å². The second kappa shape index (κ2) is 3.16. The zero-order valence-electron chi connectivity index (χ0n) is 10.5. The van der Waals surface area contributed by atoms with Gasteiger partial charge in [0.25, 0.3) is 0 Å². The van der Waals surface area contributed by atoms with Gasteiger partial charge < -0.3 is 9.80 Å². The summed E-state index contributed by atoms with van der Waals surface area (Å²) in [5.74, 6) is 0. The van der Waals surface area contributed by atoms with Crippen LogP contribution in [0.15, 0.2) is 18.2 Å². The van der Waals surface area contributed by atoms with E-state index in [1.807, 2.05) is 0 Å². The normalized spacial score (nSPS) is 21.9. The standard InChI is InChI=1S/C14H20N2/c1-11-7-6-8-12-13(11)16(3)14(15(12)2)9-4-5-10-14/h6-8H,4-5,9-10H2,1-3H3. The molecule has 1 aliphatic heterocycles. The van der Waals surface area contributed by atoms with Gasteiger partial charge in [0.15, 0.2) is 0 Å². The maximum Gasteiger partial charge on any atom is 0.112 e. The highest BCUT2D eigenvalue weighted by molar-refractivity contribution is 5.81. The van der Waals surface area contributed by atoms with Crippen LogP contribution in [0.5, 0.6) is 0 Å². The Bertz CT molecular complexity index is 419. The zero-order chi connectivity index (χ0) is 11.3. The average molecular weight is 216 g/mol. The molecule has 0 unspecified atom stereocenters. The van der Waals surface area contributed by atoms with E-state index in [9.17, 15) is 0 Å². The van der Waals surface area contributed by atoms with E-state index >= 15 is 0 Å². The second-order valence-electron chi connectivity index (χ2n) is 5.25. The molecule has 0 atom stereocenters. The van der Waals surface area contributed by atoms with E-state index in [1.54, 1.807) is 0 Å². The first-order chi connectivity index (χ1) is 7.67. The molecule has 0 radical (unpaired) electrons. The van der Waals surface area contributed by atoms with Crippen LogP contribution in [0, 0.1) is 6.92 Å². The van der Waals surface area contributed by atoms with Crippen LogP contribution < -0.4 is 9.80 Å². The molecule has 1 saturated carbocycles. The third-order valence-electron chi connectivity index (χ3n) is 4.57. The number of benzene rings is 1. The van der Waals surface area contributed by atoms with Gasteiger partial charge >= 0.3 is 0 Å². The lowest BCUT2D eigenvalue weighted by Gasteiger charge is -2.40. The Labute approximate surface area is 97.9 Å². The molecular weight excluding hydrogens is 196 g/mol. The number of para-hydroxylation sites is 1. The maximum atomic E-state index is 2.52. The van der Waals surface area contributed by atoms with Gasteiger partial charge in [-0.25, -0.2) is 0 Å².